The molecule has 0 unspecified atom stereocenters. The van der Waals surface area contributed by atoms with E-state index in [4.69, 9.17) is 0 Å². The first-order valence-electron chi connectivity index (χ1n) is 3.46. The van der Waals surface area contributed by atoms with E-state index in [-0.39, 0.29) is 0 Å². The number of nitrogens with one attached hydrogen (secondary N) is 1. The topological polar surface area (TPSA) is 12.0 Å². The van der Waals surface area contributed by atoms with Crippen LogP contribution in [0.5, 0.6) is 0 Å². The third-order valence-corrected chi connectivity index (χ3v) is 3.22. The van der Waals surface area contributed by atoms with Crippen LogP contribution in [-0.4, -0.2) is 5.88 Å². The van der Waals surface area contributed by atoms with Crippen LogP contribution in [-0.2, 0) is 0 Å². The van der Waals surface area contributed by atoms with E-state index in [1.54, 1.807) is 0 Å². The van der Waals surface area contributed by atoms with Crippen molar-refractivity contribution in [3.05, 3.63) is 33.9 Å². The van der Waals surface area contributed by atoms with Crippen molar-refractivity contribution in [2.24, 2.45) is 0 Å². The molecule has 0 aromatic rings. The third-order valence-electron chi connectivity index (χ3n) is 2.17. The summed E-state index contributed by atoms with van der Waals surface area (Å²) in [5.41, 5.74) is 4.44. The molecule has 1 saturated heterocycles. The van der Waals surface area contributed by atoms with Gasteiger partial charge in [0, 0.05) is 11.3 Å². The second kappa shape index (κ2) is 1.51. The molecule has 1 nitrogen and oxygen atoms in total. The predicted octanol–water partition coefficient (Wildman–Crippen LogP) is 1.76. The smallest absolute Gasteiger partial charge is 0.0658 e. The Morgan fingerprint density at radius 2 is 2.20 bits per heavy atom. The molecule has 10 heavy (non-hydrogen) atoms. The Kier molecular flexibility index (Phi) is 0.765. The molecule has 0 amide bonds. The fourth-order valence-corrected chi connectivity index (χ4v) is 2.73. The largest absolute Gasteiger partial charge is 0.375 e. The van der Waals surface area contributed by atoms with Gasteiger partial charge >= 0.3 is 0 Å². The van der Waals surface area contributed by atoms with Crippen molar-refractivity contribution >= 4 is 11.8 Å². The second-order valence-electron chi connectivity index (χ2n) is 2.73. The molecule has 0 atom stereocenters. The van der Waals surface area contributed by atoms with Crippen molar-refractivity contribution in [3.8, 4) is 0 Å². The van der Waals surface area contributed by atoms with Gasteiger partial charge < -0.3 is 5.32 Å². The SMILES string of the molecule is C1=CC2=C3SCNC3=C1C2. The molecule has 2 aliphatic carbocycles. The van der Waals surface area contributed by atoms with Crippen LogP contribution in [0.1, 0.15) is 6.42 Å². The lowest BCUT2D eigenvalue weighted by Gasteiger charge is -1.98. The van der Waals surface area contributed by atoms with Crippen molar-refractivity contribution in [2.45, 2.75) is 6.42 Å². The fraction of sp³-hybridized carbons (Fsp3) is 0.250. The van der Waals surface area contributed by atoms with E-state index in [0.29, 0.717) is 0 Å². The van der Waals surface area contributed by atoms with Crippen molar-refractivity contribution < 1.29 is 0 Å². The molecule has 3 rings (SSSR count). The maximum atomic E-state index is 3.38. The maximum Gasteiger partial charge on any atom is 0.0658 e. The van der Waals surface area contributed by atoms with Gasteiger partial charge in [0.25, 0.3) is 0 Å². The number of thioether (sulfide) groups is 1. The Hall–Kier alpha value is -0.630. The summed E-state index contributed by atoms with van der Waals surface area (Å²) in [6.45, 7) is 0. The minimum absolute atomic E-state index is 1.07. The van der Waals surface area contributed by atoms with Crippen LogP contribution >= 0.6 is 11.8 Å². The molecule has 0 spiro atoms. The van der Waals surface area contributed by atoms with Crippen LogP contribution in [0.15, 0.2) is 33.9 Å². The number of fused-ring (bicyclic) bond motifs is 3. The van der Waals surface area contributed by atoms with Gasteiger partial charge in [-0.05, 0) is 11.1 Å². The molecule has 0 aromatic heterocycles. The molecule has 1 heterocycles. The van der Waals surface area contributed by atoms with Gasteiger partial charge in [-0.3, -0.25) is 0 Å². The van der Waals surface area contributed by atoms with Gasteiger partial charge in [0.1, 0.15) is 0 Å². The summed E-state index contributed by atoms with van der Waals surface area (Å²) in [6, 6.07) is 0. The van der Waals surface area contributed by atoms with Gasteiger partial charge in [0.05, 0.1) is 11.6 Å². The van der Waals surface area contributed by atoms with E-state index in [2.05, 4.69) is 17.5 Å². The fourth-order valence-electron chi connectivity index (χ4n) is 1.70. The highest BCUT2D eigenvalue weighted by Crippen LogP contribution is 2.45. The summed E-state index contributed by atoms with van der Waals surface area (Å²) in [4.78, 5) is 1.51. The van der Waals surface area contributed by atoms with Crippen LogP contribution in [0, 0.1) is 0 Å². The van der Waals surface area contributed by atoms with Gasteiger partial charge in [-0.1, -0.05) is 12.2 Å². The van der Waals surface area contributed by atoms with E-state index >= 15 is 0 Å². The molecule has 2 bridgehead atoms. The molecule has 2 heteroatoms. The lowest BCUT2D eigenvalue weighted by molar-refractivity contribution is 1.01. The number of hydrogen-bond acceptors (Lipinski definition) is 2. The minimum Gasteiger partial charge on any atom is -0.375 e. The van der Waals surface area contributed by atoms with Gasteiger partial charge in [-0.15, -0.1) is 11.8 Å². The zero-order valence-corrected chi connectivity index (χ0v) is 6.29. The monoisotopic (exact) mass is 149 g/mol. The van der Waals surface area contributed by atoms with Crippen molar-refractivity contribution in [1.29, 1.82) is 0 Å². The Morgan fingerprint density at radius 1 is 1.30 bits per heavy atom. The normalized spacial score (nSPS) is 26.4. The molecule has 3 aliphatic rings. The minimum atomic E-state index is 1.07. The number of hydrogen-bond donors (Lipinski definition) is 1. The van der Waals surface area contributed by atoms with Crippen LogP contribution in [0.25, 0.3) is 0 Å². The van der Waals surface area contributed by atoms with Crippen LogP contribution in [0.2, 0.25) is 0 Å². The van der Waals surface area contributed by atoms with Crippen molar-refractivity contribution in [1.82, 2.24) is 5.32 Å². The number of allylic oxidation sites excluding steroid dienone is 4. The summed E-state index contributed by atoms with van der Waals surface area (Å²) in [5.74, 6) is 1.07. The molecular weight excluding hydrogens is 142 g/mol. The number of rotatable bonds is 0. The first kappa shape index (κ1) is 5.08. The molecule has 1 fully saturated rings. The Labute approximate surface area is 63.9 Å². The van der Waals surface area contributed by atoms with Gasteiger partial charge in [0.2, 0.25) is 0 Å². The summed E-state index contributed by atoms with van der Waals surface area (Å²) < 4.78 is 0. The van der Waals surface area contributed by atoms with E-state index in [1.807, 2.05) is 11.8 Å². The van der Waals surface area contributed by atoms with E-state index in [9.17, 15) is 0 Å². The highest BCUT2D eigenvalue weighted by molar-refractivity contribution is 8.03. The summed E-state index contributed by atoms with van der Waals surface area (Å²) in [7, 11) is 0. The summed E-state index contributed by atoms with van der Waals surface area (Å²) in [5, 5.41) is 3.38. The molecule has 1 aliphatic heterocycles. The zero-order valence-electron chi connectivity index (χ0n) is 5.48. The zero-order chi connectivity index (χ0) is 6.55. The molecule has 0 radical (unpaired) electrons. The molecule has 0 saturated carbocycles. The van der Waals surface area contributed by atoms with E-state index in [0.717, 1.165) is 5.88 Å². The molecular formula is C8H7NS. The first-order chi connectivity index (χ1) is 4.95. The lowest BCUT2D eigenvalue weighted by atomic mass is 10.2. The second-order valence-corrected chi connectivity index (χ2v) is 3.72. The average Bonchev–Trinajstić information content (AvgIpc) is 2.60. The Balaban J connectivity index is 2.31. The highest BCUT2D eigenvalue weighted by Gasteiger charge is 2.29. The van der Waals surface area contributed by atoms with Crippen LogP contribution in [0.4, 0.5) is 0 Å². The standard InChI is InChI=1S/C8H7NS/c1-2-6-3-5(1)7-8(6)10-4-9-7/h1-2,9H,3-4H2. The van der Waals surface area contributed by atoms with Crippen molar-refractivity contribution in [3.63, 3.8) is 0 Å². The van der Waals surface area contributed by atoms with Gasteiger partial charge in [0.15, 0.2) is 0 Å². The molecule has 50 valence electrons. The quantitative estimate of drug-likeness (QED) is 0.563. The van der Waals surface area contributed by atoms with Crippen LogP contribution < -0.4 is 5.32 Å². The van der Waals surface area contributed by atoms with Crippen molar-refractivity contribution in [2.75, 3.05) is 5.88 Å². The Morgan fingerprint density at radius 3 is 3.10 bits per heavy atom. The predicted molar refractivity (Wildman–Crippen MR) is 43.4 cm³/mol. The van der Waals surface area contributed by atoms with Gasteiger partial charge in [-0.25, -0.2) is 0 Å². The van der Waals surface area contributed by atoms with E-state index in [1.165, 1.54) is 28.2 Å². The summed E-state index contributed by atoms with van der Waals surface area (Å²) >= 11 is 1.94. The van der Waals surface area contributed by atoms with Crippen LogP contribution in [0.3, 0.4) is 0 Å². The Bertz CT molecular complexity index is 268. The first-order valence-corrected chi connectivity index (χ1v) is 4.45. The van der Waals surface area contributed by atoms with E-state index < -0.39 is 0 Å². The third kappa shape index (κ3) is 0.430. The summed E-state index contributed by atoms with van der Waals surface area (Å²) in [6.07, 6.45) is 5.66. The maximum absolute atomic E-state index is 3.38. The molecule has 1 N–H and O–H groups in total. The average molecular weight is 149 g/mol. The molecule has 0 aromatic carbocycles. The highest BCUT2D eigenvalue weighted by atomic mass is 32.2. The van der Waals surface area contributed by atoms with Gasteiger partial charge in [-0.2, -0.15) is 0 Å². The lowest BCUT2D eigenvalue weighted by Crippen LogP contribution is -2.04.